The fourth-order valence-corrected chi connectivity index (χ4v) is 5.63. The summed E-state index contributed by atoms with van der Waals surface area (Å²) < 4.78 is 12.5. The molecule has 0 unspecified atom stereocenters. The molecule has 2 amide bonds. The summed E-state index contributed by atoms with van der Waals surface area (Å²) in [6, 6.07) is 11.0. The van der Waals surface area contributed by atoms with Gasteiger partial charge in [0, 0.05) is 5.02 Å². The largest absolute Gasteiger partial charge is 0.490 e. The van der Waals surface area contributed by atoms with Crippen LogP contribution in [0.4, 0.5) is 0 Å². The molecule has 33 heavy (non-hydrogen) atoms. The first kappa shape index (κ1) is 22.2. The molecule has 2 fully saturated rings. The van der Waals surface area contributed by atoms with Gasteiger partial charge in [0.2, 0.25) is 0 Å². The minimum Gasteiger partial charge on any atom is -0.490 e. The van der Waals surface area contributed by atoms with Gasteiger partial charge in [-0.05, 0) is 76.5 Å². The molecule has 2 aromatic carbocycles. The van der Waals surface area contributed by atoms with E-state index in [9.17, 15) is 9.59 Å². The van der Waals surface area contributed by atoms with Crippen LogP contribution in [0, 0.1) is 23.7 Å². The van der Waals surface area contributed by atoms with E-state index in [1.165, 1.54) is 6.21 Å². The molecule has 0 aromatic heterocycles. The zero-order valence-electron chi connectivity index (χ0n) is 17.9. The maximum absolute atomic E-state index is 12.8. The van der Waals surface area contributed by atoms with Gasteiger partial charge >= 0.3 is 0 Å². The number of benzene rings is 2. The van der Waals surface area contributed by atoms with Gasteiger partial charge in [-0.1, -0.05) is 35.9 Å². The Morgan fingerprint density at radius 2 is 1.76 bits per heavy atom. The Morgan fingerprint density at radius 3 is 2.39 bits per heavy atom. The number of carbonyl (C=O) groups excluding carboxylic acids is 2. The van der Waals surface area contributed by atoms with E-state index in [0.717, 1.165) is 17.0 Å². The second kappa shape index (κ2) is 8.95. The molecule has 1 saturated heterocycles. The maximum Gasteiger partial charge on any atom is 0.254 e. The number of hydrogen-bond donors (Lipinski definition) is 0. The standard InChI is InChI=1S/C25H22BrClN2O4/c1-2-32-20-10-15(9-19(26)23(20)33-13-14-3-7-18(27)8-4-14)12-28-29-24(30)21-16-5-6-17(11-16)22(21)25(29)31/h3-10,12,16-17,21-22H,2,11,13H2,1H3/b28-12-/t16-,17-,21-,22-/m0/s1. The van der Waals surface area contributed by atoms with E-state index in [2.05, 4.69) is 33.2 Å². The van der Waals surface area contributed by atoms with Crippen LogP contribution < -0.4 is 9.47 Å². The third-order valence-corrected chi connectivity index (χ3v) is 7.24. The fraction of sp³-hybridized carbons (Fsp3) is 0.320. The van der Waals surface area contributed by atoms with Crippen molar-refractivity contribution in [2.24, 2.45) is 28.8 Å². The van der Waals surface area contributed by atoms with Crippen LogP contribution in [0.15, 0.2) is 58.1 Å². The van der Waals surface area contributed by atoms with Gasteiger partial charge in [0.1, 0.15) is 6.61 Å². The summed E-state index contributed by atoms with van der Waals surface area (Å²) in [5, 5.41) is 5.97. The number of amides is 2. The van der Waals surface area contributed by atoms with Crippen molar-refractivity contribution < 1.29 is 19.1 Å². The van der Waals surface area contributed by atoms with E-state index in [4.69, 9.17) is 21.1 Å². The fourth-order valence-electron chi connectivity index (χ4n) is 4.93. The Morgan fingerprint density at radius 1 is 1.09 bits per heavy atom. The van der Waals surface area contributed by atoms with Crippen molar-refractivity contribution >= 4 is 45.6 Å². The molecule has 3 aliphatic rings. The molecule has 1 aliphatic heterocycles. The summed E-state index contributed by atoms with van der Waals surface area (Å²) >= 11 is 9.50. The smallest absolute Gasteiger partial charge is 0.254 e. The first-order chi connectivity index (χ1) is 16.0. The molecular formula is C25H22BrClN2O4. The Balaban J connectivity index is 1.34. The van der Waals surface area contributed by atoms with Gasteiger partial charge in [0.25, 0.3) is 11.8 Å². The lowest BCUT2D eigenvalue weighted by molar-refractivity contribution is -0.140. The van der Waals surface area contributed by atoms with Gasteiger partial charge in [-0.2, -0.15) is 10.1 Å². The van der Waals surface area contributed by atoms with E-state index >= 15 is 0 Å². The van der Waals surface area contributed by atoms with Gasteiger partial charge < -0.3 is 9.47 Å². The number of imide groups is 1. The number of halogens is 2. The van der Waals surface area contributed by atoms with Gasteiger partial charge in [-0.25, -0.2) is 0 Å². The van der Waals surface area contributed by atoms with Crippen LogP contribution in [0.3, 0.4) is 0 Å². The van der Waals surface area contributed by atoms with Crippen LogP contribution in [-0.2, 0) is 16.2 Å². The third kappa shape index (κ3) is 4.08. The van der Waals surface area contributed by atoms with Crippen molar-refractivity contribution in [3.63, 3.8) is 0 Å². The molecule has 1 saturated carbocycles. The summed E-state index contributed by atoms with van der Waals surface area (Å²) in [5.74, 6) is 0.489. The van der Waals surface area contributed by atoms with Gasteiger partial charge in [-0.15, -0.1) is 0 Å². The topological polar surface area (TPSA) is 68.2 Å². The summed E-state index contributed by atoms with van der Waals surface area (Å²) in [6.45, 7) is 2.69. The first-order valence-corrected chi connectivity index (χ1v) is 12.1. The number of hydrazone groups is 1. The van der Waals surface area contributed by atoms with Crippen LogP contribution in [-0.4, -0.2) is 29.6 Å². The molecule has 2 aliphatic carbocycles. The van der Waals surface area contributed by atoms with Crippen LogP contribution in [0.2, 0.25) is 5.02 Å². The Hall–Kier alpha value is -2.64. The van der Waals surface area contributed by atoms with Gasteiger partial charge in [0.15, 0.2) is 11.5 Å². The van der Waals surface area contributed by atoms with E-state index in [1.54, 1.807) is 6.07 Å². The van der Waals surface area contributed by atoms with E-state index < -0.39 is 0 Å². The highest BCUT2D eigenvalue weighted by atomic mass is 79.9. The molecule has 8 heteroatoms. The van der Waals surface area contributed by atoms with Crippen molar-refractivity contribution in [3.8, 4) is 11.5 Å². The van der Waals surface area contributed by atoms with E-state index in [0.29, 0.717) is 39.8 Å². The minimum absolute atomic E-state index is 0.160. The number of carbonyl (C=O) groups is 2. The van der Waals surface area contributed by atoms with Crippen molar-refractivity contribution in [2.75, 3.05) is 6.61 Å². The van der Waals surface area contributed by atoms with Crippen LogP contribution >= 0.6 is 27.5 Å². The number of nitrogens with zero attached hydrogens (tertiary/aromatic N) is 2. The monoisotopic (exact) mass is 528 g/mol. The number of rotatable bonds is 7. The molecule has 0 spiro atoms. The van der Waals surface area contributed by atoms with Gasteiger partial charge in [-0.3, -0.25) is 9.59 Å². The minimum atomic E-state index is -0.265. The molecule has 6 nitrogen and oxygen atoms in total. The van der Waals surface area contributed by atoms with Crippen molar-refractivity contribution in [2.45, 2.75) is 20.0 Å². The highest BCUT2D eigenvalue weighted by Gasteiger charge is 2.59. The molecule has 1 heterocycles. The lowest BCUT2D eigenvalue weighted by Gasteiger charge is -2.15. The van der Waals surface area contributed by atoms with Crippen molar-refractivity contribution in [1.82, 2.24) is 5.01 Å². The number of fused-ring (bicyclic) bond motifs is 5. The Kier molecular flexibility index (Phi) is 6.01. The quantitative estimate of drug-likeness (QED) is 0.280. The highest BCUT2D eigenvalue weighted by molar-refractivity contribution is 9.10. The molecule has 170 valence electrons. The van der Waals surface area contributed by atoms with Crippen molar-refractivity contribution in [1.29, 1.82) is 0 Å². The van der Waals surface area contributed by atoms with Crippen LogP contribution in [0.5, 0.6) is 11.5 Å². The van der Waals surface area contributed by atoms with Crippen LogP contribution in [0.25, 0.3) is 0 Å². The molecule has 4 atom stereocenters. The lowest BCUT2D eigenvalue weighted by atomic mass is 9.85. The van der Waals surface area contributed by atoms with Crippen LogP contribution in [0.1, 0.15) is 24.5 Å². The molecule has 2 bridgehead atoms. The second-order valence-corrected chi connectivity index (χ2v) is 9.70. The number of ether oxygens (including phenoxy) is 2. The third-order valence-electron chi connectivity index (χ3n) is 6.40. The zero-order chi connectivity index (χ0) is 23.1. The average molecular weight is 530 g/mol. The predicted octanol–water partition coefficient (Wildman–Crippen LogP) is 5.22. The summed E-state index contributed by atoms with van der Waals surface area (Å²) in [6.07, 6.45) is 6.55. The molecular weight excluding hydrogens is 508 g/mol. The van der Waals surface area contributed by atoms with Gasteiger partial charge in [0.05, 0.1) is 29.1 Å². The SMILES string of the molecule is CCOc1cc(/C=N\N2C(=O)[C@@H]3[C@@H](C2=O)[C@H]2C=C[C@H]3C2)cc(Br)c1OCc1ccc(Cl)cc1. The predicted molar refractivity (Wildman–Crippen MR) is 128 cm³/mol. The highest BCUT2D eigenvalue weighted by Crippen LogP contribution is 2.52. The maximum atomic E-state index is 12.8. The summed E-state index contributed by atoms with van der Waals surface area (Å²) in [4.78, 5) is 25.7. The molecule has 5 rings (SSSR count). The van der Waals surface area contributed by atoms with E-state index in [1.807, 2.05) is 37.3 Å². The van der Waals surface area contributed by atoms with Crippen molar-refractivity contribution in [3.05, 3.63) is 69.2 Å². The molecule has 0 N–H and O–H groups in total. The Bertz CT molecular complexity index is 1130. The normalized spacial score (nSPS) is 25.4. The Labute approximate surface area is 205 Å². The number of hydrogen-bond acceptors (Lipinski definition) is 5. The molecule has 0 radical (unpaired) electrons. The zero-order valence-corrected chi connectivity index (χ0v) is 20.3. The second-order valence-electron chi connectivity index (χ2n) is 8.41. The number of allylic oxidation sites excluding steroid dienone is 2. The molecule has 2 aromatic rings. The first-order valence-electron chi connectivity index (χ1n) is 10.9. The average Bonchev–Trinajstić information content (AvgIpc) is 3.47. The summed E-state index contributed by atoms with van der Waals surface area (Å²) in [7, 11) is 0. The summed E-state index contributed by atoms with van der Waals surface area (Å²) in [5.41, 5.74) is 1.65. The lowest BCUT2D eigenvalue weighted by Crippen LogP contribution is -2.28. The van der Waals surface area contributed by atoms with E-state index in [-0.39, 0.29) is 35.5 Å².